The van der Waals surface area contributed by atoms with Crippen LogP contribution in [0.3, 0.4) is 0 Å². The van der Waals surface area contributed by atoms with Gasteiger partial charge in [-0.15, -0.1) is 0 Å². The summed E-state index contributed by atoms with van der Waals surface area (Å²) in [7, 11) is 0. The van der Waals surface area contributed by atoms with E-state index in [9.17, 15) is 4.79 Å². The van der Waals surface area contributed by atoms with Gasteiger partial charge in [0, 0.05) is 5.56 Å². The van der Waals surface area contributed by atoms with Crippen molar-refractivity contribution in [2.75, 3.05) is 13.2 Å². The quantitative estimate of drug-likeness (QED) is 0.906. The Morgan fingerprint density at radius 1 is 1.46 bits per heavy atom. The molecule has 0 aliphatic carbocycles. The van der Waals surface area contributed by atoms with Crippen LogP contribution in [0.4, 0.5) is 0 Å². The number of aryl methyl sites for hydroxylation is 1. The lowest BCUT2D eigenvalue weighted by Crippen LogP contribution is -2.31. The highest BCUT2D eigenvalue weighted by Gasteiger charge is 2.23. The number of amides is 1. The molecule has 1 aromatic carbocycles. The maximum absolute atomic E-state index is 12.4. The molecule has 0 saturated carbocycles. The molecule has 1 aromatic heterocycles. The number of carbonyl (C=O) groups is 1. The normalized spacial score (nSPS) is 14.2. The lowest BCUT2D eigenvalue weighted by molar-refractivity contribution is -0.118. The fourth-order valence-corrected chi connectivity index (χ4v) is 2.42. The van der Waals surface area contributed by atoms with Gasteiger partial charge in [0.1, 0.15) is 12.6 Å². The van der Waals surface area contributed by atoms with Crippen molar-refractivity contribution in [1.29, 1.82) is 0 Å². The van der Waals surface area contributed by atoms with E-state index in [-0.39, 0.29) is 18.6 Å². The molecule has 3 rings (SSSR count). The van der Waals surface area contributed by atoms with Crippen molar-refractivity contribution in [2.24, 2.45) is 0 Å². The van der Waals surface area contributed by atoms with Crippen molar-refractivity contribution in [3.63, 3.8) is 0 Å². The Hall–Kier alpha value is -2.83. The van der Waals surface area contributed by atoms with Crippen LogP contribution in [0.5, 0.6) is 11.5 Å². The first-order chi connectivity index (χ1) is 11.6. The van der Waals surface area contributed by atoms with Gasteiger partial charge in [0.25, 0.3) is 5.91 Å². The Kier molecular flexibility index (Phi) is 4.50. The van der Waals surface area contributed by atoms with Crippen molar-refractivity contribution in [2.45, 2.75) is 26.8 Å². The molecule has 1 amide bonds. The summed E-state index contributed by atoms with van der Waals surface area (Å²) >= 11 is 0. The fraction of sp³-hybridized carbons (Fsp3) is 0.353. The number of hydrogen-bond acceptors (Lipinski definition) is 6. The predicted molar refractivity (Wildman–Crippen MR) is 86.7 cm³/mol. The molecule has 24 heavy (non-hydrogen) atoms. The van der Waals surface area contributed by atoms with E-state index in [0.29, 0.717) is 35.4 Å². The number of benzene rings is 1. The molecular formula is C17H19N3O4. The van der Waals surface area contributed by atoms with Gasteiger partial charge >= 0.3 is 0 Å². The standard InChI is InChI=1S/C17H19N3O4/c1-4-22-14-7-5-6-12-8-13(9-23-15(12)14)16(21)18-10(2)17-19-11(3)20-24-17/h5-8,10H,4,9H2,1-3H3,(H,18,21)/t10-/m1/s1. The van der Waals surface area contributed by atoms with Crippen LogP contribution in [-0.2, 0) is 4.79 Å². The lowest BCUT2D eigenvalue weighted by atomic mass is 10.1. The Morgan fingerprint density at radius 2 is 2.29 bits per heavy atom. The van der Waals surface area contributed by atoms with E-state index < -0.39 is 0 Å². The largest absolute Gasteiger partial charge is 0.490 e. The monoisotopic (exact) mass is 329 g/mol. The average molecular weight is 329 g/mol. The van der Waals surface area contributed by atoms with Gasteiger partial charge in [-0.2, -0.15) is 4.98 Å². The Balaban J connectivity index is 1.75. The van der Waals surface area contributed by atoms with Crippen LogP contribution >= 0.6 is 0 Å². The van der Waals surface area contributed by atoms with Crippen molar-refractivity contribution >= 4 is 12.0 Å². The highest BCUT2D eigenvalue weighted by atomic mass is 16.5. The first kappa shape index (κ1) is 16.0. The van der Waals surface area contributed by atoms with E-state index in [1.165, 1.54) is 0 Å². The maximum atomic E-state index is 12.4. The van der Waals surface area contributed by atoms with Gasteiger partial charge in [-0.25, -0.2) is 0 Å². The summed E-state index contributed by atoms with van der Waals surface area (Å²) in [5.74, 6) is 2.02. The summed E-state index contributed by atoms with van der Waals surface area (Å²) in [5.41, 5.74) is 1.35. The molecule has 1 aliphatic rings. The number of fused-ring (bicyclic) bond motifs is 1. The van der Waals surface area contributed by atoms with Gasteiger partial charge in [0.15, 0.2) is 17.3 Å². The van der Waals surface area contributed by atoms with Crippen molar-refractivity contribution < 1.29 is 18.8 Å². The number of nitrogens with zero attached hydrogens (tertiary/aromatic N) is 2. The van der Waals surface area contributed by atoms with Gasteiger partial charge in [-0.3, -0.25) is 4.79 Å². The van der Waals surface area contributed by atoms with E-state index in [1.807, 2.05) is 31.2 Å². The number of ether oxygens (including phenoxy) is 2. The number of carbonyl (C=O) groups excluding carboxylic acids is 1. The second-order valence-corrected chi connectivity index (χ2v) is 5.44. The predicted octanol–water partition coefficient (Wildman–Crippen LogP) is 2.43. The van der Waals surface area contributed by atoms with E-state index >= 15 is 0 Å². The summed E-state index contributed by atoms with van der Waals surface area (Å²) in [4.78, 5) is 16.5. The zero-order valence-corrected chi connectivity index (χ0v) is 13.8. The Labute approximate surface area is 139 Å². The zero-order valence-electron chi connectivity index (χ0n) is 13.8. The molecule has 0 spiro atoms. The maximum Gasteiger partial charge on any atom is 0.251 e. The summed E-state index contributed by atoms with van der Waals surface area (Å²) < 4.78 is 16.3. The van der Waals surface area contributed by atoms with Crippen LogP contribution in [0.25, 0.3) is 6.08 Å². The number of aromatic nitrogens is 2. The van der Waals surface area contributed by atoms with Gasteiger partial charge < -0.3 is 19.3 Å². The van der Waals surface area contributed by atoms with E-state index in [2.05, 4.69) is 15.5 Å². The molecule has 0 fully saturated rings. The Morgan fingerprint density at radius 3 is 3.00 bits per heavy atom. The third-order valence-corrected chi connectivity index (χ3v) is 3.56. The zero-order chi connectivity index (χ0) is 17.1. The minimum absolute atomic E-state index is 0.179. The molecule has 7 heteroatoms. The first-order valence-electron chi connectivity index (χ1n) is 7.78. The SMILES string of the molecule is CCOc1cccc2c1OCC(C(=O)N[C@H](C)c1nc(C)no1)=C2. The number of nitrogens with one attached hydrogen (secondary N) is 1. The molecule has 0 bridgehead atoms. The summed E-state index contributed by atoms with van der Waals surface area (Å²) in [5, 5.41) is 6.56. The molecule has 1 atom stereocenters. The molecule has 2 heterocycles. The molecule has 2 aromatic rings. The molecule has 0 saturated heterocycles. The second kappa shape index (κ2) is 6.74. The van der Waals surface area contributed by atoms with Crippen LogP contribution in [0.15, 0.2) is 28.3 Å². The van der Waals surface area contributed by atoms with Crippen molar-refractivity contribution in [3.8, 4) is 11.5 Å². The Bertz CT molecular complexity index is 782. The van der Waals surface area contributed by atoms with E-state index in [1.54, 1.807) is 13.8 Å². The van der Waals surface area contributed by atoms with Gasteiger partial charge in [0.2, 0.25) is 5.89 Å². The lowest BCUT2D eigenvalue weighted by Gasteiger charge is -2.20. The third kappa shape index (κ3) is 3.24. The molecule has 0 unspecified atom stereocenters. The first-order valence-corrected chi connectivity index (χ1v) is 7.78. The second-order valence-electron chi connectivity index (χ2n) is 5.44. The van der Waals surface area contributed by atoms with Crippen LogP contribution in [0, 0.1) is 6.92 Å². The summed E-state index contributed by atoms with van der Waals surface area (Å²) in [6.45, 7) is 6.16. The molecular weight excluding hydrogens is 310 g/mol. The minimum atomic E-state index is -0.379. The topological polar surface area (TPSA) is 86.5 Å². The number of para-hydroxylation sites is 1. The number of rotatable bonds is 5. The van der Waals surface area contributed by atoms with Crippen molar-refractivity contribution in [3.05, 3.63) is 41.1 Å². The average Bonchev–Trinajstić information content (AvgIpc) is 3.01. The highest BCUT2D eigenvalue weighted by Crippen LogP contribution is 2.35. The highest BCUT2D eigenvalue weighted by molar-refractivity contribution is 5.99. The smallest absolute Gasteiger partial charge is 0.251 e. The van der Waals surface area contributed by atoms with Crippen LogP contribution in [-0.4, -0.2) is 29.3 Å². The van der Waals surface area contributed by atoms with E-state index in [4.69, 9.17) is 14.0 Å². The van der Waals surface area contributed by atoms with Crippen LogP contribution in [0.1, 0.15) is 37.2 Å². The summed E-state index contributed by atoms with van der Waals surface area (Å²) in [6, 6.07) is 5.22. The van der Waals surface area contributed by atoms with E-state index in [0.717, 1.165) is 5.56 Å². The van der Waals surface area contributed by atoms with Gasteiger partial charge in [-0.05, 0) is 32.9 Å². The molecule has 126 valence electrons. The van der Waals surface area contributed by atoms with Crippen LogP contribution < -0.4 is 14.8 Å². The fourth-order valence-electron chi connectivity index (χ4n) is 2.42. The third-order valence-electron chi connectivity index (χ3n) is 3.56. The molecule has 1 aliphatic heterocycles. The minimum Gasteiger partial charge on any atom is -0.490 e. The molecule has 1 N–H and O–H groups in total. The van der Waals surface area contributed by atoms with Crippen LogP contribution in [0.2, 0.25) is 0 Å². The van der Waals surface area contributed by atoms with Crippen molar-refractivity contribution in [1.82, 2.24) is 15.5 Å². The summed E-state index contributed by atoms with van der Waals surface area (Å²) in [6.07, 6.45) is 1.81. The molecule has 7 nitrogen and oxygen atoms in total. The molecule has 0 radical (unpaired) electrons. The van der Waals surface area contributed by atoms with Gasteiger partial charge in [-0.1, -0.05) is 17.3 Å². The van der Waals surface area contributed by atoms with Gasteiger partial charge in [0.05, 0.1) is 12.2 Å². The number of hydrogen-bond donors (Lipinski definition) is 1.